The summed E-state index contributed by atoms with van der Waals surface area (Å²) in [5, 5.41) is 0. The summed E-state index contributed by atoms with van der Waals surface area (Å²) < 4.78 is 71.8. The van der Waals surface area contributed by atoms with E-state index in [1.165, 1.54) is 24.3 Å². The minimum absolute atomic E-state index is 0.00367. The van der Waals surface area contributed by atoms with E-state index in [0.717, 1.165) is 24.0 Å². The van der Waals surface area contributed by atoms with Crippen LogP contribution in [0.4, 0.5) is 0 Å². The van der Waals surface area contributed by atoms with E-state index in [4.69, 9.17) is 17.8 Å². The van der Waals surface area contributed by atoms with Crippen molar-refractivity contribution in [3.8, 4) is 0 Å². The molecule has 10 heteroatoms. The summed E-state index contributed by atoms with van der Waals surface area (Å²) in [5.41, 5.74) is 1.82. The number of hydrogen-bond acceptors (Lipinski definition) is 8. The van der Waals surface area contributed by atoms with Crippen LogP contribution in [-0.2, 0) is 38.1 Å². The highest BCUT2D eigenvalue weighted by Crippen LogP contribution is 2.20. The molecule has 1 heterocycles. The summed E-state index contributed by atoms with van der Waals surface area (Å²) in [6.07, 6.45) is 0.860. The Balaban J connectivity index is 1.68. The van der Waals surface area contributed by atoms with Crippen LogP contribution in [0.3, 0.4) is 0 Å². The van der Waals surface area contributed by atoms with E-state index in [9.17, 15) is 16.8 Å². The standard InChI is InChI=1S/C22H28O8S2/c1-17-6-10-20(11-7-17)31(23,24)28-15-19(30-22-5-3-4-14-27-22)16-29-32(25,26)21-12-8-18(2)9-13-21/h6-13,19,22H,3-5,14-16H2,1-2H3. The summed E-state index contributed by atoms with van der Waals surface area (Å²) in [6.45, 7) is 3.37. The van der Waals surface area contributed by atoms with E-state index >= 15 is 0 Å². The molecule has 2 aromatic rings. The molecule has 0 saturated carbocycles. The Hall–Kier alpha value is -1.82. The maximum absolute atomic E-state index is 12.5. The smallest absolute Gasteiger partial charge is 0.297 e. The van der Waals surface area contributed by atoms with Gasteiger partial charge in [0.1, 0.15) is 6.10 Å². The molecule has 0 aromatic heterocycles. The van der Waals surface area contributed by atoms with Gasteiger partial charge in [0.05, 0.1) is 23.0 Å². The summed E-state index contributed by atoms with van der Waals surface area (Å²) in [6, 6.07) is 12.4. The van der Waals surface area contributed by atoms with Crippen molar-refractivity contribution >= 4 is 20.2 Å². The molecule has 0 radical (unpaired) electrons. The molecular formula is C22H28O8S2. The molecule has 1 aliphatic rings. The molecule has 1 saturated heterocycles. The van der Waals surface area contributed by atoms with Gasteiger partial charge in [-0.2, -0.15) is 16.8 Å². The van der Waals surface area contributed by atoms with Crippen LogP contribution in [-0.4, -0.2) is 49.1 Å². The third-order valence-corrected chi connectivity index (χ3v) is 7.51. The molecular weight excluding hydrogens is 456 g/mol. The Morgan fingerprint density at radius 3 is 1.69 bits per heavy atom. The molecule has 1 fully saturated rings. The Morgan fingerprint density at radius 2 is 1.28 bits per heavy atom. The molecule has 0 N–H and O–H groups in total. The molecule has 1 aliphatic heterocycles. The number of rotatable bonds is 10. The molecule has 0 aliphatic carbocycles. The highest BCUT2D eigenvalue weighted by molar-refractivity contribution is 7.87. The highest BCUT2D eigenvalue weighted by Gasteiger charge is 2.26. The van der Waals surface area contributed by atoms with Crippen molar-refractivity contribution in [2.45, 2.75) is 55.3 Å². The topological polar surface area (TPSA) is 105 Å². The van der Waals surface area contributed by atoms with Gasteiger partial charge in [-0.15, -0.1) is 0 Å². The zero-order valence-corrected chi connectivity index (χ0v) is 19.7. The second-order valence-corrected chi connectivity index (χ2v) is 10.9. The van der Waals surface area contributed by atoms with Crippen molar-refractivity contribution in [3.05, 3.63) is 59.7 Å². The van der Waals surface area contributed by atoms with Gasteiger partial charge in [0, 0.05) is 6.61 Å². The van der Waals surface area contributed by atoms with Crippen LogP contribution in [0, 0.1) is 13.8 Å². The maximum atomic E-state index is 12.5. The average Bonchev–Trinajstić information content (AvgIpc) is 2.77. The van der Waals surface area contributed by atoms with Gasteiger partial charge < -0.3 is 9.47 Å². The van der Waals surface area contributed by atoms with Crippen LogP contribution in [0.25, 0.3) is 0 Å². The SMILES string of the molecule is Cc1ccc(S(=O)(=O)OCC(COS(=O)(=O)c2ccc(C)cc2)OC2CCCCO2)cc1. The first-order valence-corrected chi connectivity index (χ1v) is 13.2. The Labute approximate surface area is 189 Å². The predicted octanol–water partition coefficient (Wildman–Crippen LogP) is 3.33. The van der Waals surface area contributed by atoms with Crippen molar-refractivity contribution in [2.24, 2.45) is 0 Å². The first-order chi connectivity index (χ1) is 15.2. The number of hydrogen-bond donors (Lipinski definition) is 0. The molecule has 2 aromatic carbocycles. The summed E-state index contributed by atoms with van der Waals surface area (Å²) in [7, 11) is -8.10. The van der Waals surface area contributed by atoms with Crippen molar-refractivity contribution < 1.29 is 34.7 Å². The predicted molar refractivity (Wildman–Crippen MR) is 117 cm³/mol. The van der Waals surface area contributed by atoms with Gasteiger partial charge >= 0.3 is 0 Å². The molecule has 8 nitrogen and oxygen atoms in total. The van der Waals surface area contributed by atoms with Crippen LogP contribution in [0.2, 0.25) is 0 Å². The molecule has 0 spiro atoms. The van der Waals surface area contributed by atoms with Gasteiger partial charge in [-0.3, -0.25) is 8.37 Å². The van der Waals surface area contributed by atoms with E-state index in [1.807, 2.05) is 13.8 Å². The fourth-order valence-electron chi connectivity index (χ4n) is 3.04. The van der Waals surface area contributed by atoms with Gasteiger partial charge in [-0.05, 0) is 57.4 Å². The molecule has 0 bridgehead atoms. The molecule has 176 valence electrons. The molecule has 1 atom stereocenters. The van der Waals surface area contributed by atoms with Crippen molar-refractivity contribution in [3.63, 3.8) is 0 Å². The summed E-state index contributed by atoms with van der Waals surface area (Å²) >= 11 is 0. The Morgan fingerprint density at radius 1 is 0.812 bits per heavy atom. The molecule has 1 unspecified atom stereocenters. The fourth-order valence-corrected chi connectivity index (χ4v) is 4.91. The third-order valence-electron chi connectivity index (χ3n) is 4.92. The lowest BCUT2D eigenvalue weighted by molar-refractivity contribution is -0.197. The van der Waals surface area contributed by atoms with E-state index in [2.05, 4.69) is 0 Å². The normalized spacial score (nSPS) is 17.5. The van der Waals surface area contributed by atoms with Gasteiger partial charge in [0.15, 0.2) is 6.29 Å². The van der Waals surface area contributed by atoms with Gasteiger partial charge in [-0.25, -0.2) is 0 Å². The third kappa shape index (κ3) is 7.09. The Bertz CT molecular complexity index is 992. The monoisotopic (exact) mass is 484 g/mol. The zero-order valence-electron chi connectivity index (χ0n) is 18.1. The van der Waals surface area contributed by atoms with E-state index in [0.29, 0.717) is 13.0 Å². The summed E-state index contributed by atoms with van der Waals surface area (Å²) in [5.74, 6) is 0. The zero-order chi connectivity index (χ0) is 23.2. The number of aryl methyl sites for hydroxylation is 2. The minimum atomic E-state index is -4.05. The maximum Gasteiger partial charge on any atom is 0.297 e. The van der Waals surface area contributed by atoms with E-state index in [-0.39, 0.29) is 9.79 Å². The largest absolute Gasteiger partial charge is 0.353 e. The quantitative estimate of drug-likeness (QED) is 0.473. The van der Waals surface area contributed by atoms with Crippen molar-refractivity contribution in [2.75, 3.05) is 19.8 Å². The van der Waals surface area contributed by atoms with Gasteiger partial charge in [0.25, 0.3) is 20.2 Å². The van der Waals surface area contributed by atoms with Crippen molar-refractivity contribution in [1.82, 2.24) is 0 Å². The van der Waals surface area contributed by atoms with Crippen LogP contribution in [0.5, 0.6) is 0 Å². The number of ether oxygens (including phenoxy) is 2. The first-order valence-electron chi connectivity index (χ1n) is 10.3. The van der Waals surface area contributed by atoms with Gasteiger partial charge in [0.2, 0.25) is 0 Å². The lowest BCUT2D eigenvalue weighted by Gasteiger charge is -2.27. The van der Waals surface area contributed by atoms with Crippen LogP contribution in [0.1, 0.15) is 30.4 Å². The number of benzene rings is 2. The second kappa shape index (κ2) is 10.9. The van der Waals surface area contributed by atoms with Crippen LogP contribution < -0.4 is 0 Å². The first kappa shape index (κ1) is 24.8. The highest BCUT2D eigenvalue weighted by atomic mass is 32.2. The molecule has 0 amide bonds. The van der Waals surface area contributed by atoms with Crippen LogP contribution in [0.15, 0.2) is 58.3 Å². The fraction of sp³-hybridized carbons (Fsp3) is 0.455. The molecule has 3 rings (SSSR count). The van der Waals surface area contributed by atoms with E-state index in [1.54, 1.807) is 24.3 Å². The van der Waals surface area contributed by atoms with Crippen molar-refractivity contribution in [1.29, 1.82) is 0 Å². The summed E-state index contributed by atoms with van der Waals surface area (Å²) in [4.78, 5) is 0.00734. The van der Waals surface area contributed by atoms with Crippen LogP contribution >= 0.6 is 0 Å². The molecule has 32 heavy (non-hydrogen) atoms. The minimum Gasteiger partial charge on any atom is -0.353 e. The van der Waals surface area contributed by atoms with Gasteiger partial charge in [-0.1, -0.05) is 35.4 Å². The average molecular weight is 485 g/mol. The second-order valence-electron chi connectivity index (χ2n) is 7.66. The van der Waals surface area contributed by atoms with E-state index < -0.39 is 45.8 Å². The lowest BCUT2D eigenvalue weighted by atomic mass is 10.2. The lowest BCUT2D eigenvalue weighted by Crippen LogP contribution is -2.35. The Kier molecular flexibility index (Phi) is 8.43.